The Kier molecular flexibility index (Phi) is 6.46. The maximum absolute atomic E-state index is 10.8. The summed E-state index contributed by atoms with van der Waals surface area (Å²) in [5.41, 5.74) is 0. The molecule has 3 nitrogen and oxygen atoms in total. The quantitative estimate of drug-likeness (QED) is 0.346. The number of hydrogen-bond acceptors (Lipinski definition) is 3. The Bertz CT molecular complexity index is 203. The van der Waals surface area contributed by atoms with Crippen LogP contribution >= 0.6 is 0 Å². The van der Waals surface area contributed by atoms with E-state index in [2.05, 4.69) is 11.7 Å². The van der Waals surface area contributed by atoms with Crippen LogP contribution in [0.5, 0.6) is 0 Å². The molecule has 0 aromatic heterocycles. The summed E-state index contributed by atoms with van der Waals surface area (Å²) in [6.07, 6.45) is 9.90. The molecular weight excluding hydrogens is 204 g/mol. The summed E-state index contributed by atoms with van der Waals surface area (Å²) in [5, 5.41) is 0. The Balaban J connectivity index is 1.77. The molecule has 1 aliphatic rings. The Labute approximate surface area is 98.5 Å². The van der Waals surface area contributed by atoms with Gasteiger partial charge < -0.3 is 9.47 Å². The number of hydrogen-bond donors (Lipinski definition) is 0. The van der Waals surface area contributed by atoms with Gasteiger partial charge in [-0.25, -0.2) is 0 Å². The van der Waals surface area contributed by atoms with E-state index < -0.39 is 0 Å². The number of rotatable bonds is 9. The van der Waals surface area contributed by atoms with Crippen LogP contribution in [0.2, 0.25) is 0 Å². The van der Waals surface area contributed by atoms with Crippen LogP contribution in [0.1, 0.15) is 58.3 Å². The van der Waals surface area contributed by atoms with Gasteiger partial charge in [0.25, 0.3) is 0 Å². The highest BCUT2D eigenvalue weighted by Gasteiger charge is 2.35. The van der Waals surface area contributed by atoms with E-state index in [9.17, 15) is 4.79 Å². The van der Waals surface area contributed by atoms with Crippen LogP contribution in [-0.2, 0) is 14.3 Å². The molecule has 1 aliphatic heterocycles. The van der Waals surface area contributed by atoms with Crippen LogP contribution in [-0.4, -0.2) is 25.3 Å². The third-order valence-electron chi connectivity index (χ3n) is 3.19. The van der Waals surface area contributed by atoms with Gasteiger partial charge in [0, 0.05) is 6.42 Å². The third-order valence-corrected chi connectivity index (χ3v) is 3.19. The summed E-state index contributed by atoms with van der Waals surface area (Å²) < 4.78 is 10.1. The second-order valence-electron chi connectivity index (χ2n) is 4.50. The molecule has 1 saturated heterocycles. The molecule has 0 saturated carbocycles. The molecule has 3 heteroatoms. The molecule has 0 spiro atoms. The molecule has 0 radical (unpaired) electrons. The molecule has 0 aliphatic carbocycles. The zero-order valence-electron chi connectivity index (χ0n) is 10.5. The lowest BCUT2D eigenvalue weighted by Crippen LogP contribution is -1.99. The molecule has 0 aromatic rings. The Hall–Kier alpha value is -0.570. The molecule has 2 atom stereocenters. The zero-order chi connectivity index (χ0) is 11.8. The second-order valence-corrected chi connectivity index (χ2v) is 4.50. The first-order chi connectivity index (χ1) is 7.77. The normalized spacial score (nSPS) is 23.1. The maximum Gasteiger partial charge on any atom is 0.305 e. The average Bonchev–Trinajstić information content (AvgIpc) is 3.06. The molecule has 0 N–H and O–H groups in total. The van der Waals surface area contributed by atoms with Crippen LogP contribution in [0, 0.1) is 0 Å². The number of ether oxygens (including phenoxy) is 2. The number of carbonyl (C=O) groups is 1. The van der Waals surface area contributed by atoms with E-state index in [1.807, 2.05) is 0 Å². The first-order valence-electron chi connectivity index (χ1n) is 6.50. The lowest BCUT2D eigenvalue weighted by Gasteiger charge is -2.00. The van der Waals surface area contributed by atoms with Gasteiger partial charge in [0.1, 0.15) is 0 Å². The smallest absolute Gasteiger partial charge is 0.305 e. The van der Waals surface area contributed by atoms with Crippen molar-refractivity contribution in [3.8, 4) is 0 Å². The standard InChI is InChI=1S/C13H24O3/c1-3-11-12(16-11)9-7-5-4-6-8-10-13(14)15-2/h11-12H,3-10H2,1-2H3/t11-,12+/m1/s1. The topological polar surface area (TPSA) is 38.8 Å². The molecule has 1 rings (SSSR count). The number of methoxy groups -OCH3 is 1. The van der Waals surface area contributed by atoms with E-state index in [-0.39, 0.29) is 5.97 Å². The number of epoxide rings is 1. The van der Waals surface area contributed by atoms with Crippen molar-refractivity contribution < 1.29 is 14.3 Å². The molecule has 0 bridgehead atoms. The van der Waals surface area contributed by atoms with Gasteiger partial charge in [-0.3, -0.25) is 4.79 Å². The molecule has 1 heterocycles. The van der Waals surface area contributed by atoms with Gasteiger partial charge in [-0.2, -0.15) is 0 Å². The van der Waals surface area contributed by atoms with Gasteiger partial charge in [-0.05, 0) is 19.3 Å². The van der Waals surface area contributed by atoms with Crippen molar-refractivity contribution in [2.24, 2.45) is 0 Å². The van der Waals surface area contributed by atoms with Crippen LogP contribution in [0.4, 0.5) is 0 Å². The van der Waals surface area contributed by atoms with Crippen LogP contribution in [0.15, 0.2) is 0 Å². The van der Waals surface area contributed by atoms with Gasteiger partial charge in [-0.15, -0.1) is 0 Å². The van der Waals surface area contributed by atoms with Crippen LogP contribution in [0.25, 0.3) is 0 Å². The largest absolute Gasteiger partial charge is 0.469 e. The number of unbranched alkanes of at least 4 members (excludes halogenated alkanes) is 4. The predicted molar refractivity (Wildman–Crippen MR) is 63.3 cm³/mol. The first-order valence-corrected chi connectivity index (χ1v) is 6.50. The summed E-state index contributed by atoms with van der Waals surface area (Å²) in [7, 11) is 1.45. The molecule has 0 amide bonds. The summed E-state index contributed by atoms with van der Waals surface area (Å²) in [5.74, 6) is -0.0860. The molecule has 94 valence electrons. The average molecular weight is 228 g/mol. The second kappa shape index (κ2) is 7.66. The SMILES string of the molecule is CC[C@H]1O[C@H]1CCCCCCCC(=O)OC. The van der Waals surface area contributed by atoms with Gasteiger partial charge in [-0.1, -0.05) is 32.6 Å². The summed E-state index contributed by atoms with van der Waals surface area (Å²) in [6.45, 7) is 2.18. The molecule has 16 heavy (non-hydrogen) atoms. The van der Waals surface area contributed by atoms with Crippen molar-refractivity contribution in [2.75, 3.05) is 7.11 Å². The number of carbonyl (C=O) groups excluding carboxylic acids is 1. The van der Waals surface area contributed by atoms with E-state index in [0.29, 0.717) is 18.6 Å². The third kappa shape index (κ3) is 5.50. The van der Waals surface area contributed by atoms with Crippen LogP contribution < -0.4 is 0 Å². The van der Waals surface area contributed by atoms with E-state index in [1.54, 1.807) is 0 Å². The lowest BCUT2D eigenvalue weighted by atomic mass is 10.1. The highest BCUT2D eigenvalue weighted by Crippen LogP contribution is 2.29. The summed E-state index contributed by atoms with van der Waals surface area (Å²) in [4.78, 5) is 10.8. The minimum Gasteiger partial charge on any atom is -0.469 e. The van der Waals surface area contributed by atoms with Gasteiger partial charge >= 0.3 is 5.97 Å². The lowest BCUT2D eigenvalue weighted by molar-refractivity contribution is -0.140. The number of esters is 1. The van der Waals surface area contributed by atoms with Gasteiger partial charge in [0.2, 0.25) is 0 Å². The minimum absolute atomic E-state index is 0.0860. The van der Waals surface area contributed by atoms with Crippen molar-refractivity contribution in [2.45, 2.75) is 70.5 Å². The minimum atomic E-state index is -0.0860. The molecule has 0 aromatic carbocycles. The fourth-order valence-corrected chi connectivity index (χ4v) is 2.04. The Morgan fingerprint density at radius 2 is 1.81 bits per heavy atom. The highest BCUT2D eigenvalue weighted by atomic mass is 16.6. The van der Waals surface area contributed by atoms with Crippen LogP contribution in [0.3, 0.4) is 0 Å². The summed E-state index contributed by atoms with van der Waals surface area (Å²) >= 11 is 0. The van der Waals surface area contributed by atoms with E-state index in [4.69, 9.17) is 4.74 Å². The molecule has 1 fully saturated rings. The van der Waals surface area contributed by atoms with Crippen molar-refractivity contribution in [1.82, 2.24) is 0 Å². The Morgan fingerprint density at radius 3 is 2.44 bits per heavy atom. The maximum atomic E-state index is 10.8. The fraction of sp³-hybridized carbons (Fsp3) is 0.923. The monoisotopic (exact) mass is 228 g/mol. The van der Waals surface area contributed by atoms with E-state index in [0.717, 1.165) is 19.3 Å². The fourth-order valence-electron chi connectivity index (χ4n) is 2.04. The van der Waals surface area contributed by atoms with Crippen molar-refractivity contribution in [3.05, 3.63) is 0 Å². The zero-order valence-corrected chi connectivity index (χ0v) is 10.5. The first kappa shape index (κ1) is 13.5. The molecular formula is C13H24O3. The van der Waals surface area contributed by atoms with Gasteiger partial charge in [0.15, 0.2) is 0 Å². The van der Waals surface area contributed by atoms with Gasteiger partial charge in [0.05, 0.1) is 19.3 Å². The van der Waals surface area contributed by atoms with Crippen molar-refractivity contribution in [1.29, 1.82) is 0 Å². The van der Waals surface area contributed by atoms with E-state index in [1.165, 1.54) is 32.8 Å². The van der Waals surface area contributed by atoms with Crippen molar-refractivity contribution in [3.63, 3.8) is 0 Å². The highest BCUT2D eigenvalue weighted by molar-refractivity contribution is 5.68. The Morgan fingerprint density at radius 1 is 1.12 bits per heavy atom. The van der Waals surface area contributed by atoms with Crippen molar-refractivity contribution >= 4 is 5.97 Å². The predicted octanol–water partition coefficient (Wildman–Crippen LogP) is 3.07. The molecule has 0 unspecified atom stereocenters. The van der Waals surface area contributed by atoms with E-state index >= 15 is 0 Å². The summed E-state index contributed by atoms with van der Waals surface area (Å²) in [6, 6.07) is 0.